The van der Waals surface area contributed by atoms with Crippen molar-refractivity contribution >= 4 is 45.7 Å². The van der Waals surface area contributed by atoms with E-state index in [1.165, 1.54) is 37.4 Å². The Labute approximate surface area is 190 Å². The number of methoxy groups -OCH3 is 1. The second kappa shape index (κ2) is 9.40. The number of thioether (sulfide) groups is 1. The van der Waals surface area contributed by atoms with Crippen LogP contribution in [-0.2, 0) is 4.79 Å². The third-order valence-electron chi connectivity index (χ3n) is 5.38. The standard InChI is InChI=1S/C23H23ClFN3O2S/c1-30-19-10-9-17(13-18(19)24)26-20(29)14-31-22-21(15-5-7-16(25)8-6-15)27-23(28-22)11-3-2-4-12-23/h5-10,13H,2-4,11-12,14H2,1H3,(H,26,29). The Morgan fingerprint density at radius 2 is 1.90 bits per heavy atom. The minimum absolute atomic E-state index is 0.169. The van der Waals surface area contributed by atoms with Gasteiger partial charge in [-0.15, -0.1) is 0 Å². The van der Waals surface area contributed by atoms with Gasteiger partial charge in [-0.3, -0.25) is 9.79 Å². The summed E-state index contributed by atoms with van der Waals surface area (Å²) in [5, 5.41) is 4.01. The number of halogens is 2. The van der Waals surface area contributed by atoms with Gasteiger partial charge in [-0.1, -0.05) is 29.8 Å². The molecular formula is C23H23ClFN3O2S. The van der Waals surface area contributed by atoms with E-state index in [1.54, 1.807) is 30.3 Å². The minimum Gasteiger partial charge on any atom is -0.495 e. The Morgan fingerprint density at radius 1 is 1.16 bits per heavy atom. The summed E-state index contributed by atoms with van der Waals surface area (Å²) in [6, 6.07) is 11.4. The Kier molecular flexibility index (Phi) is 6.62. The third kappa shape index (κ3) is 5.10. The first-order chi connectivity index (χ1) is 15.0. The molecule has 8 heteroatoms. The molecule has 2 aromatic rings. The molecule has 1 saturated carbocycles. The van der Waals surface area contributed by atoms with E-state index in [2.05, 4.69) is 5.32 Å². The molecule has 0 atom stereocenters. The molecule has 0 radical (unpaired) electrons. The molecule has 0 saturated heterocycles. The van der Waals surface area contributed by atoms with Crippen LogP contribution in [-0.4, -0.2) is 35.2 Å². The maximum absolute atomic E-state index is 13.4. The quantitative estimate of drug-likeness (QED) is 0.621. The zero-order valence-corrected chi connectivity index (χ0v) is 18.7. The maximum Gasteiger partial charge on any atom is 0.234 e. The summed E-state index contributed by atoms with van der Waals surface area (Å²) in [5.74, 6) is 0.265. The predicted octanol–water partition coefficient (Wildman–Crippen LogP) is 5.72. The Hall–Kier alpha value is -2.38. The summed E-state index contributed by atoms with van der Waals surface area (Å²) in [4.78, 5) is 22.4. The Bertz CT molecular complexity index is 1030. The van der Waals surface area contributed by atoms with Gasteiger partial charge in [-0.25, -0.2) is 9.38 Å². The van der Waals surface area contributed by atoms with Gasteiger partial charge in [0.05, 0.1) is 23.6 Å². The normalized spacial score (nSPS) is 17.3. The molecule has 1 fully saturated rings. The summed E-state index contributed by atoms with van der Waals surface area (Å²) in [6.07, 6.45) is 5.16. The fourth-order valence-electron chi connectivity index (χ4n) is 3.84. The van der Waals surface area contributed by atoms with Crippen LogP contribution < -0.4 is 10.1 Å². The number of nitrogens with one attached hydrogen (secondary N) is 1. The van der Waals surface area contributed by atoms with Gasteiger partial charge in [-0.2, -0.15) is 0 Å². The van der Waals surface area contributed by atoms with Gasteiger partial charge in [0.25, 0.3) is 0 Å². The van der Waals surface area contributed by atoms with Crippen molar-refractivity contribution in [1.29, 1.82) is 0 Å². The van der Waals surface area contributed by atoms with Gasteiger partial charge < -0.3 is 10.1 Å². The molecular weight excluding hydrogens is 437 g/mol. The van der Waals surface area contributed by atoms with Crippen LogP contribution in [0.15, 0.2) is 52.4 Å². The first-order valence-electron chi connectivity index (χ1n) is 10.2. The zero-order valence-electron chi connectivity index (χ0n) is 17.2. The number of carbonyl (C=O) groups excluding carboxylic acids is 1. The monoisotopic (exact) mass is 459 g/mol. The van der Waals surface area contributed by atoms with Crippen LogP contribution >= 0.6 is 23.4 Å². The molecule has 2 aliphatic rings. The molecule has 2 aromatic carbocycles. The predicted molar refractivity (Wildman–Crippen MR) is 125 cm³/mol. The number of aliphatic imine (C=N–C) groups is 2. The molecule has 5 nitrogen and oxygen atoms in total. The lowest BCUT2D eigenvalue weighted by atomic mass is 9.90. The van der Waals surface area contributed by atoms with Gasteiger partial charge >= 0.3 is 0 Å². The maximum atomic E-state index is 13.4. The first kappa shape index (κ1) is 21.8. The van der Waals surface area contributed by atoms with E-state index in [0.717, 1.165) is 42.0 Å². The van der Waals surface area contributed by atoms with Crippen LogP contribution in [0.3, 0.4) is 0 Å². The van der Waals surface area contributed by atoms with Crippen molar-refractivity contribution in [3.05, 3.63) is 58.9 Å². The number of nitrogens with zero attached hydrogens (tertiary/aromatic N) is 2. The molecule has 1 amide bonds. The number of ether oxygens (including phenoxy) is 1. The molecule has 31 heavy (non-hydrogen) atoms. The minimum atomic E-state index is -0.440. The van der Waals surface area contributed by atoms with Gasteiger partial charge in [0, 0.05) is 11.3 Å². The SMILES string of the molecule is COc1ccc(NC(=O)CSC2=NC3(CCCCC3)N=C2c2ccc(F)cc2)cc1Cl. The molecule has 1 aliphatic heterocycles. The van der Waals surface area contributed by atoms with Crippen LogP contribution in [0.25, 0.3) is 0 Å². The molecule has 0 aromatic heterocycles. The number of amides is 1. The highest BCUT2D eigenvalue weighted by Crippen LogP contribution is 2.38. The Morgan fingerprint density at radius 3 is 2.58 bits per heavy atom. The smallest absolute Gasteiger partial charge is 0.234 e. The number of anilines is 1. The van der Waals surface area contributed by atoms with Crippen LogP contribution in [0.4, 0.5) is 10.1 Å². The second-order valence-corrected chi connectivity index (χ2v) is 8.98. The lowest BCUT2D eigenvalue weighted by Gasteiger charge is -2.27. The summed E-state index contributed by atoms with van der Waals surface area (Å²) in [6.45, 7) is 0. The molecule has 1 N–H and O–H groups in total. The van der Waals surface area contributed by atoms with Crippen molar-refractivity contribution in [1.82, 2.24) is 0 Å². The van der Waals surface area contributed by atoms with E-state index in [4.69, 9.17) is 26.3 Å². The average Bonchev–Trinajstić information content (AvgIpc) is 3.11. The molecule has 1 spiro atoms. The highest BCUT2D eigenvalue weighted by Gasteiger charge is 2.37. The summed E-state index contributed by atoms with van der Waals surface area (Å²) < 4.78 is 18.5. The Balaban J connectivity index is 1.48. The third-order valence-corrected chi connectivity index (χ3v) is 6.64. The number of rotatable bonds is 5. The largest absolute Gasteiger partial charge is 0.495 e. The average molecular weight is 460 g/mol. The van der Waals surface area contributed by atoms with E-state index in [1.807, 2.05) is 0 Å². The topological polar surface area (TPSA) is 63.0 Å². The van der Waals surface area contributed by atoms with E-state index >= 15 is 0 Å². The van der Waals surface area contributed by atoms with Crippen LogP contribution in [0, 0.1) is 5.82 Å². The highest BCUT2D eigenvalue weighted by atomic mass is 35.5. The first-order valence-corrected chi connectivity index (χ1v) is 11.6. The number of hydrogen-bond acceptors (Lipinski definition) is 5. The molecule has 1 heterocycles. The van der Waals surface area contributed by atoms with Crippen molar-refractivity contribution in [2.75, 3.05) is 18.2 Å². The van der Waals surface area contributed by atoms with Crippen LogP contribution in [0.1, 0.15) is 37.7 Å². The van der Waals surface area contributed by atoms with Crippen molar-refractivity contribution in [3.8, 4) is 5.75 Å². The lowest BCUT2D eigenvalue weighted by molar-refractivity contribution is -0.113. The van der Waals surface area contributed by atoms with Gasteiger partial charge in [-0.05, 0) is 68.1 Å². The lowest BCUT2D eigenvalue weighted by Crippen LogP contribution is -2.25. The van der Waals surface area contributed by atoms with E-state index in [9.17, 15) is 9.18 Å². The zero-order chi connectivity index (χ0) is 21.8. The van der Waals surface area contributed by atoms with Crippen molar-refractivity contribution in [2.24, 2.45) is 9.98 Å². The summed E-state index contributed by atoms with van der Waals surface area (Å²) in [5.41, 5.74) is 1.72. The van der Waals surface area contributed by atoms with Crippen LogP contribution in [0.5, 0.6) is 5.75 Å². The van der Waals surface area contributed by atoms with Crippen molar-refractivity contribution in [2.45, 2.75) is 37.8 Å². The molecule has 0 unspecified atom stereocenters. The fourth-order valence-corrected chi connectivity index (χ4v) is 4.97. The number of hydrogen-bond donors (Lipinski definition) is 1. The van der Waals surface area contributed by atoms with E-state index < -0.39 is 5.66 Å². The highest BCUT2D eigenvalue weighted by molar-refractivity contribution is 8.16. The van der Waals surface area contributed by atoms with Gasteiger partial charge in [0.15, 0.2) is 5.66 Å². The van der Waals surface area contributed by atoms with Gasteiger partial charge in [0.2, 0.25) is 5.91 Å². The molecule has 162 valence electrons. The number of benzene rings is 2. The van der Waals surface area contributed by atoms with Gasteiger partial charge in [0.1, 0.15) is 16.6 Å². The van der Waals surface area contributed by atoms with E-state index in [0.29, 0.717) is 16.5 Å². The summed E-state index contributed by atoms with van der Waals surface area (Å²) >= 11 is 7.48. The molecule has 0 bridgehead atoms. The number of carbonyl (C=O) groups is 1. The molecule has 1 aliphatic carbocycles. The van der Waals surface area contributed by atoms with Crippen LogP contribution in [0.2, 0.25) is 5.02 Å². The molecule has 4 rings (SSSR count). The van der Waals surface area contributed by atoms with Crippen molar-refractivity contribution in [3.63, 3.8) is 0 Å². The second-order valence-electron chi connectivity index (χ2n) is 7.61. The fraction of sp³-hybridized carbons (Fsp3) is 0.348. The van der Waals surface area contributed by atoms with E-state index in [-0.39, 0.29) is 17.5 Å². The van der Waals surface area contributed by atoms with Crippen molar-refractivity contribution < 1.29 is 13.9 Å². The summed E-state index contributed by atoms with van der Waals surface area (Å²) in [7, 11) is 1.54.